The zero-order valence-corrected chi connectivity index (χ0v) is 19.2. The Morgan fingerprint density at radius 1 is 1.22 bits per heavy atom. The summed E-state index contributed by atoms with van der Waals surface area (Å²) in [5.74, 6) is 2.35. The van der Waals surface area contributed by atoms with Crippen LogP contribution in [0.5, 0.6) is 5.75 Å². The molecule has 32 heavy (non-hydrogen) atoms. The number of anilines is 1. The molecule has 1 aliphatic carbocycles. The highest BCUT2D eigenvalue weighted by Gasteiger charge is 2.28. The topological polar surface area (TPSA) is 101 Å². The summed E-state index contributed by atoms with van der Waals surface area (Å²) in [4.78, 5) is 24.7. The van der Waals surface area contributed by atoms with Gasteiger partial charge in [0.05, 0.1) is 20.2 Å². The van der Waals surface area contributed by atoms with Crippen LogP contribution >= 0.6 is 11.8 Å². The number of urea groups is 1. The van der Waals surface area contributed by atoms with Crippen LogP contribution in [0.2, 0.25) is 0 Å². The number of ether oxygens (including phenoxy) is 1. The Morgan fingerprint density at radius 2 is 2.06 bits per heavy atom. The van der Waals surface area contributed by atoms with E-state index in [0.717, 1.165) is 47.4 Å². The van der Waals surface area contributed by atoms with Gasteiger partial charge in [0.15, 0.2) is 11.0 Å². The number of carbonyl (C=O) groups is 2. The zero-order chi connectivity index (χ0) is 22.3. The van der Waals surface area contributed by atoms with Crippen molar-refractivity contribution in [2.75, 3.05) is 31.3 Å². The smallest absolute Gasteiger partial charge is 0.324 e. The van der Waals surface area contributed by atoms with Gasteiger partial charge >= 0.3 is 6.03 Å². The molecular weight excluding hydrogens is 428 g/mol. The Balaban J connectivity index is 1.40. The van der Waals surface area contributed by atoms with E-state index < -0.39 is 0 Å². The van der Waals surface area contributed by atoms with Gasteiger partial charge in [-0.3, -0.25) is 9.69 Å². The monoisotopic (exact) mass is 458 g/mol. The van der Waals surface area contributed by atoms with Gasteiger partial charge in [-0.25, -0.2) is 4.79 Å². The second-order valence-corrected chi connectivity index (χ2v) is 9.11. The Morgan fingerprint density at radius 3 is 2.81 bits per heavy atom. The molecule has 0 bridgehead atoms. The number of hydrogen-bond donors (Lipinski definition) is 2. The van der Waals surface area contributed by atoms with Crippen LogP contribution in [0.4, 0.5) is 10.5 Å². The number of imide groups is 1. The second-order valence-electron chi connectivity index (χ2n) is 8.05. The molecule has 0 spiro atoms. The first kappa shape index (κ1) is 22.4. The number of aromatic nitrogens is 3. The summed E-state index contributed by atoms with van der Waals surface area (Å²) in [6.45, 7) is 1.12. The predicted octanol–water partition coefficient (Wildman–Crippen LogP) is 3.44. The lowest BCUT2D eigenvalue weighted by Gasteiger charge is -2.25. The fourth-order valence-corrected chi connectivity index (χ4v) is 5.16. The Bertz CT molecular complexity index is 927. The van der Waals surface area contributed by atoms with Crippen molar-refractivity contribution in [3.63, 3.8) is 0 Å². The SMILES string of the molecule is COc1cccc(NCc2nnc(SCCCN3C(=O)CNC3=O)n2C2CCCCC2)c1. The summed E-state index contributed by atoms with van der Waals surface area (Å²) < 4.78 is 7.61. The number of thioether (sulfide) groups is 1. The van der Waals surface area contributed by atoms with Gasteiger partial charge in [-0.05, 0) is 31.4 Å². The quantitative estimate of drug-likeness (QED) is 0.319. The fraction of sp³-hybridized carbons (Fsp3) is 0.545. The summed E-state index contributed by atoms with van der Waals surface area (Å²) in [6, 6.07) is 7.97. The van der Waals surface area contributed by atoms with Gasteiger partial charge in [0.25, 0.3) is 0 Å². The molecule has 172 valence electrons. The lowest BCUT2D eigenvalue weighted by molar-refractivity contribution is -0.124. The van der Waals surface area contributed by atoms with Crippen LogP contribution in [0, 0.1) is 0 Å². The van der Waals surface area contributed by atoms with Crippen LogP contribution in [0.25, 0.3) is 0 Å². The molecule has 2 heterocycles. The standard InChI is InChI=1S/C22H30N6O3S/c1-31-18-10-5-7-16(13-18)23-14-19-25-26-22(28(19)17-8-3-2-4-9-17)32-12-6-11-27-20(29)15-24-21(27)30/h5,7,10,13,17,23H,2-4,6,8-9,11-12,14-15H2,1H3,(H,24,30). The molecule has 1 aromatic carbocycles. The molecule has 0 unspecified atom stereocenters. The molecule has 1 saturated carbocycles. The number of carbonyl (C=O) groups excluding carboxylic acids is 2. The van der Waals surface area contributed by atoms with Crippen LogP contribution in [0.15, 0.2) is 29.4 Å². The van der Waals surface area contributed by atoms with Crippen LogP contribution in [-0.4, -0.2) is 57.6 Å². The molecule has 2 fully saturated rings. The summed E-state index contributed by atoms with van der Waals surface area (Å²) in [5, 5.41) is 15.9. The highest BCUT2D eigenvalue weighted by Crippen LogP contribution is 2.33. The van der Waals surface area contributed by atoms with Crippen molar-refractivity contribution in [1.29, 1.82) is 0 Å². The maximum Gasteiger partial charge on any atom is 0.324 e. The molecule has 1 saturated heterocycles. The average molecular weight is 459 g/mol. The average Bonchev–Trinajstić information content (AvgIpc) is 3.38. The Kier molecular flexibility index (Phi) is 7.51. The molecule has 1 aliphatic heterocycles. The number of hydrogen-bond acceptors (Lipinski definition) is 7. The largest absolute Gasteiger partial charge is 0.497 e. The molecule has 2 aromatic rings. The van der Waals surface area contributed by atoms with Gasteiger partial charge in [0, 0.05) is 30.1 Å². The van der Waals surface area contributed by atoms with E-state index in [1.807, 2.05) is 24.3 Å². The van der Waals surface area contributed by atoms with Crippen molar-refractivity contribution >= 4 is 29.4 Å². The third-order valence-corrected chi connectivity index (χ3v) is 6.92. The van der Waals surface area contributed by atoms with Crippen LogP contribution in [0.3, 0.4) is 0 Å². The van der Waals surface area contributed by atoms with E-state index in [0.29, 0.717) is 19.1 Å². The van der Waals surface area contributed by atoms with E-state index in [-0.39, 0.29) is 18.5 Å². The molecule has 10 heteroatoms. The Hall–Kier alpha value is -2.75. The maximum absolute atomic E-state index is 11.7. The molecule has 3 amide bonds. The predicted molar refractivity (Wildman–Crippen MR) is 123 cm³/mol. The minimum Gasteiger partial charge on any atom is -0.497 e. The van der Waals surface area contributed by atoms with Crippen molar-refractivity contribution in [2.24, 2.45) is 0 Å². The molecule has 0 atom stereocenters. The molecule has 2 N–H and O–H groups in total. The molecule has 2 aliphatic rings. The first-order valence-electron chi connectivity index (χ1n) is 11.2. The van der Waals surface area contributed by atoms with E-state index in [1.165, 1.54) is 24.2 Å². The third kappa shape index (κ3) is 5.35. The number of rotatable bonds is 10. The molecule has 9 nitrogen and oxygen atoms in total. The number of amides is 3. The minimum absolute atomic E-state index is 0.103. The number of nitrogens with one attached hydrogen (secondary N) is 2. The van der Waals surface area contributed by atoms with Crippen LogP contribution in [0.1, 0.15) is 50.4 Å². The summed E-state index contributed by atoms with van der Waals surface area (Å²) in [5.41, 5.74) is 0.977. The highest BCUT2D eigenvalue weighted by molar-refractivity contribution is 7.99. The van der Waals surface area contributed by atoms with Gasteiger partial charge in [-0.15, -0.1) is 10.2 Å². The van der Waals surface area contributed by atoms with Gasteiger partial charge in [0.2, 0.25) is 5.91 Å². The number of nitrogens with zero attached hydrogens (tertiary/aromatic N) is 4. The van der Waals surface area contributed by atoms with Crippen molar-refractivity contribution in [3.05, 3.63) is 30.1 Å². The van der Waals surface area contributed by atoms with E-state index >= 15 is 0 Å². The normalized spacial score (nSPS) is 17.0. The first-order chi connectivity index (χ1) is 15.7. The van der Waals surface area contributed by atoms with Crippen LogP contribution in [-0.2, 0) is 11.3 Å². The van der Waals surface area contributed by atoms with Crippen molar-refractivity contribution in [2.45, 2.75) is 56.3 Å². The van der Waals surface area contributed by atoms with Crippen molar-refractivity contribution in [3.8, 4) is 5.75 Å². The second kappa shape index (κ2) is 10.7. The summed E-state index contributed by atoms with van der Waals surface area (Å²) in [7, 11) is 1.66. The van der Waals surface area contributed by atoms with Gasteiger partial charge in [-0.1, -0.05) is 37.1 Å². The molecule has 0 radical (unpaired) electrons. The van der Waals surface area contributed by atoms with E-state index in [4.69, 9.17) is 4.74 Å². The summed E-state index contributed by atoms with van der Waals surface area (Å²) in [6.07, 6.45) is 6.73. The number of benzene rings is 1. The van der Waals surface area contributed by atoms with Crippen molar-refractivity contribution in [1.82, 2.24) is 25.0 Å². The van der Waals surface area contributed by atoms with Crippen LogP contribution < -0.4 is 15.4 Å². The number of methoxy groups -OCH3 is 1. The first-order valence-corrected chi connectivity index (χ1v) is 12.2. The lowest BCUT2D eigenvalue weighted by atomic mass is 9.95. The van der Waals surface area contributed by atoms with E-state index in [2.05, 4.69) is 25.4 Å². The van der Waals surface area contributed by atoms with Gasteiger partial charge in [0.1, 0.15) is 5.75 Å². The highest BCUT2D eigenvalue weighted by atomic mass is 32.2. The van der Waals surface area contributed by atoms with Gasteiger partial charge in [-0.2, -0.15) is 0 Å². The molecule has 1 aromatic heterocycles. The Labute approximate surface area is 192 Å². The molecular formula is C22H30N6O3S. The van der Waals surface area contributed by atoms with E-state index in [1.54, 1.807) is 18.9 Å². The van der Waals surface area contributed by atoms with E-state index in [9.17, 15) is 9.59 Å². The maximum atomic E-state index is 11.7. The fourth-order valence-electron chi connectivity index (χ4n) is 4.21. The van der Waals surface area contributed by atoms with Gasteiger partial charge < -0.3 is 19.9 Å². The summed E-state index contributed by atoms with van der Waals surface area (Å²) >= 11 is 1.65. The minimum atomic E-state index is -0.295. The van der Waals surface area contributed by atoms with Crippen molar-refractivity contribution < 1.29 is 14.3 Å². The zero-order valence-electron chi connectivity index (χ0n) is 18.4. The molecule has 4 rings (SSSR count). The third-order valence-electron chi connectivity index (χ3n) is 5.89. The lowest BCUT2D eigenvalue weighted by Crippen LogP contribution is -2.32.